The van der Waals surface area contributed by atoms with Gasteiger partial charge in [-0.3, -0.25) is 4.90 Å². The lowest BCUT2D eigenvalue weighted by Crippen LogP contribution is -2.32. The molecule has 1 aliphatic carbocycles. The summed E-state index contributed by atoms with van der Waals surface area (Å²) in [5, 5.41) is 0. The standard InChI is InChI=1S/C14H24N2S/c1-9-5-12(9)8-16(4)14(7-15)13-6-10(2)17-11(13)3/h6,9,12,14H,5,7-8,15H2,1-4H3. The van der Waals surface area contributed by atoms with E-state index in [-0.39, 0.29) is 0 Å². The summed E-state index contributed by atoms with van der Waals surface area (Å²) >= 11 is 1.88. The average molecular weight is 252 g/mol. The predicted octanol–water partition coefficient (Wildman–Crippen LogP) is 2.95. The van der Waals surface area contributed by atoms with Crippen molar-refractivity contribution in [3.8, 4) is 0 Å². The van der Waals surface area contributed by atoms with Gasteiger partial charge in [-0.2, -0.15) is 0 Å². The minimum absolute atomic E-state index is 0.396. The fourth-order valence-corrected chi connectivity index (χ4v) is 3.66. The number of nitrogens with zero attached hydrogens (tertiary/aromatic N) is 1. The van der Waals surface area contributed by atoms with Crippen molar-refractivity contribution >= 4 is 11.3 Å². The van der Waals surface area contributed by atoms with Crippen LogP contribution in [0.4, 0.5) is 0 Å². The second kappa shape index (κ2) is 5.09. The summed E-state index contributed by atoms with van der Waals surface area (Å²) in [7, 11) is 2.22. The molecule has 1 aliphatic rings. The van der Waals surface area contributed by atoms with Gasteiger partial charge in [-0.15, -0.1) is 11.3 Å². The van der Waals surface area contributed by atoms with Crippen molar-refractivity contribution in [1.82, 2.24) is 4.90 Å². The maximum Gasteiger partial charge on any atom is 0.0478 e. The molecule has 1 aromatic rings. The zero-order valence-corrected chi connectivity index (χ0v) is 12.2. The van der Waals surface area contributed by atoms with E-state index in [0.29, 0.717) is 12.6 Å². The van der Waals surface area contributed by atoms with E-state index in [2.05, 4.69) is 38.8 Å². The highest BCUT2D eigenvalue weighted by Crippen LogP contribution is 2.39. The normalized spacial score (nSPS) is 25.3. The molecule has 0 aliphatic heterocycles. The Balaban J connectivity index is 2.07. The first kappa shape index (κ1) is 13.1. The summed E-state index contributed by atoms with van der Waals surface area (Å²) < 4.78 is 0. The van der Waals surface area contributed by atoms with E-state index < -0.39 is 0 Å². The third-order valence-corrected chi connectivity index (χ3v) is 4.97. The first-order chi connectivity index (χ1) is 8.02. The highest BCUT2D eigenvalue weighted by atomic mass is 32.1. The Hall–Kier alpha value is -0.380. The lowest BCUT2D eigenvalue weighted by atomic mass is 10.1. The van der Waals surface area contributed by atoms with Crippen LogP contribution in [0.2, 0.25) is 0 Å². The Morgan fingerprint density at radius 1 is 1.53 bits per heavy atom. The van der Waals surface area contributed by atoms with Crippen LogP contribution >= 0.6 is 11.3 Å². The number of likely N-dealkylation sites (N-methyl/N-ethyl adjacent to an activating group) is 1. The molecular weight excluding hydrogens is 228 g/mol. The van der Waals surface area contributed by atoms with Crippen molar-refractivity contribution in [2.45, 2.75) is 33.2 Å². The first-order valence-electron chi connectivity index (χ1n) is 6.50. The molecule has 3 unspecified atom stereocenters. The van der Waals surface area contributed by atoms with Gasteiger partial charge in [0, 0.05) is 28.9 Å². The van der Waals surface area contributed by atoms with Gasteiger partial charge in [0.15, 0.2) is 0 Å². The van der Waals surface area contributed by atoms with Crippen molar-refractivity contribution in [2.24, 2.45) is 17.6 Å². The maximum absolute atomic E-state index is 5.98. The van der Waals surface area contributed by atoms with Crippen LogP contribution in [-0.2, 0) is 0 Å². The fourth-order valence-electron chi connectivity index (χ4n) is 2.68. The molecule has 3 atom stereocenters. The van der Waals surface area contributed by atoms with Crippen LogP contribution in [0.3, 0.4) is 0 Å². The summed E-state index contributed by atoms with van der Waals surface area (Å²) in [6.07, 6.45) is 1.39. The number of aryl methyl sites for hydroxylation is 2. The first-order valence-corrected chi connectivity index (χ1v) is 7.31. The second-order valence-electron chi connectivity index (χ2n) is 5.53. The lowest BCUT2D eigenvalue weighted by molar-refractivity contribution is 0.236. The molecule has 1 aromatic heterocycles. The van der Waals surface area contributed by atoms with Crippen molar-refractivity contribution in [3.63, 3.8) is 0 Å². The molecule has 17 heavy (non-hydrogen) atoms. The Morgan fingerprint density at radius 3 is 2.59 bits per heavy atom. The van der Waals surface area contributed by atoms with Crippen molar-refractivity contribution in [3.05, 3.63) is 21.4 Å². The van der Waals surface area contributed by atoms with Crippen LogP contribution in [0.25, 0.3) is 0 Å². The van der Waals surface area contributed by atoms with Crippen LogP contribution in [0, 0.1) is 25.7 Å². The van der Waals surface area contributed by atoms with Crippen molar-refractivity contribution in [2.75, 3.05) is 20.1 Å². The smallest absolute Gasteiger partial charge is 0.0478 e. The SMILES string of the molecule is Cc1cc(C(CN)N(C)CC2CC2C)c(C)s1. The summed E-state index contributed by atoms with van der Waals surface area (Å²) in [6.45, 7) is 8.64. The molecule has 1 saturated carbocycles. The van der Waals surface area contributed by atoms with Gasteiger partial charge in [-0.25, -0.2) is 0 Å². The molecule has 1 fully saturated rings. The van der Waals surface area contributed by atoms with Gasteiger partial charge in [-0.05, 0) is 50.8 Å². The van der Waals surface area contributed by atoms with Gasteiger partial charge >= 0.3 is 0 Å². The summed E-state index contributed by atoms with van der Waals surface area (Å²) in [6, 6.07) is 2.71. The Kier molecular flexibility index (Phi) is 3.91. The van der Waals surface area contributed by atoms with E-state index in [4.69, 9.17) is 5.73 Å². The highest BCUT2D eigenvalue weighted by Gasteiger charge is 2.34. The molecule has 0 amide bonds. The quantitative estimate of drug-likeness (QED) is 0.873. The Labute approximate surface area is 109 Å². The van der Waals surface area contributed by atoms with Gasteiger partial charge in [0.2, 0.25) is 0 Å². The lowest BCUT2D eigenvalue weighted by Gasteiger charge is -2.27. The molecule has 1 heterocycles. The van der Waals surface area contributed by atoms with E-state index in [1.54, 1.807) is 0 Å². The maximum atomic E-state index is 5.98. The molecule has 0 bridgehead atoms. The van der Waals surface area contributed by atoms with Crippen LogP contribution < -0.4 is 5.73 Å². The van der Waals surface area contributed by atoms with Gasteiger partial charge in [0.05, 0.1) is 0 Å². The number of rotatable bonds is 5. The summed E-state index contributed by atoms with van der Waals surface area (Å²) in [5.41, 5.74) is 7.41. The third-order valence-electron chi connectivity index (χ3n) is 3.99. The van der Waals surface area contributed by atoms with E-state index in [1.807, 2.05) is 11.3 Å². The van der Waals surface area contributed by atoms with E-state index in [0.717, 1.165) is 11.8 Å². The Bertz CT molecular complexity index is 386. The van der Waals surface area contributed by atoms with Gasteiger partial charge < -0.3 is 5.73 Å². The number of thiophene rings is 1. The molecule has 2 N–H and O–H groups in total. The predicted molar refractivity (Wildman–Crippen MR) is 75.5 cm³/mol. The topological polar surface area (TPSA) is 29.3 Å². The van der Waals surface area contributed by atoms with Gasteiger partial charge in [-0.1, -0.05) is 6.92 Å². The van der Waals surface area contributed by atoms with Crippen molar-refractivity contribution < 1.29 is 0 Å². The van der Waals surface area contributed by atoms with Crippen LogP contribution in [0.5, 0.6) is 0 Å². The molecule has 0 saturated heterocycles. The van der Waals surface area contributed by atoms with Crippen molar-refractivity contribution in [1.29, 1.82) is 0 Å². The Morgan fingerprint density at radius 2 is 2.18 bits per heavy atom. The van der Waals surface area contributed by atoms with Gasteiger partial charge in [0.1, 0.15) is 0 Å². The monoisotopic (exact) mass is 252 g/mol. The van der Waals surface area contributed by atoms with E-state index in [9.17, 15) is 0 Å². The molecule has 2 nitrogen and oxygen atoms in total. The second-order valence-corrected chi connectivity index (χ2v) is 6.99. The average Bonchev–Trinajstić information content (AvgIpc) is 2.82. The zero-order chi connectivity index (χ0) is 12.6. The zero-order valence-electron chi connectivity index (χ0n) is 11.4. The molecule has 2 rings (SSSR count). The number of hydrogen-bond donors (Lipinski definition) is 1. The molecule has 3 heteroatoms. The van der Waals surface area contributed by atoms with Crippen LogP contribution in [0.15, 0.2) is 6.07 Å². The molecule has 96 valence electrons. The molecular formula is C14H24N2S. The fraction of sp³-hybridized carbons (Fsp3) is 0.714. The van der Waals surface area contributed by atoms with Gasteiger partial charge in [0.25, 0.3) is 0 Å². The summed E-state index contributed by atoms with van der Waals surface area (Å²) in [4.78, 5) is 5.26. The number of nitrogens with two attached hydrogens (primary N) is 1. The van der Waals surface area contributed by atoms with E-state index >= 15 is 0 Å². The molecule has 0 radical (unpaired) electrons. The van der Waals surface area contributed by atoms with Crippen LogP contribution in [0.1, 0.15) is 34.7 Å². The van der Waals surface area contributed by atoms with E-state index in [1.165, 1.54) is 28.3 Å². The highest BCUT2D eigenvalue weighted by molar-refractivity contribution is 7.12. The largest absolute Gasteiger partial charge is 0.329 e. The number of hydrogen-bond acceptors (Lipinski definition) is 3. The third kappa shape index (κ3) is 2.90. The molecule has 0 spiro atoms. The van der Waals surface area contributed by atoms with Crippen LogP contribution in [-0.4, -0.2) is 25.0 Å². The summed E-state index contributed by atoms with van der Waals surface area (Å²) in [5.74, 6) is 1.82. The molecule has 0 aromatic carbocycles. The minimum atomic E-state index is 0.396. The minimum Gasteiger partial charge on any atom is -0.329 e.